The standard InChI is InChI=1S/C13H18N6O/c14-13(18-20)12-11(4-1-6-16-12)10-15-5-2-8-19-9-3-7-17-19/h1,3-4,6-7,9,15,20H,2,5,8,10H2,(H2,14,18). The van der Waals surface area contributed by atoms with E-state index in [1.165, 1.54) is 0 Å². The topological polar surface area (TPSA) is 101 Å². The summed E-state index contributed by atoms with van der Waals surface area (Å²) < 4.78 is 1.90. The van der Waals surface area contributed by atoms with Gasteiger partial charge in [-0.15, -0.1) is 0 Å². The summed E-state index contributed by atoms with van der Waals surface area (Å²) in [5, 5.41) is 19.2. The summed E-state index contributed by atoms with van der Waals surface area (Å²) in [6.07, 6.45) is 6.30. The summed E-state index contributed by atoms with van der Waals surface area (Å²) in [6, 6.07) is 5.64. The van der Waals surface area contributed by atoms with Gasteiger partial charge in [-0.3, -0.25) is 9.67 Å². The fraction of sp³-hybridized carbons (Fsp3) is 0.308. The van der Waals surface area contributed by atoms with Crippen molar-refractivity contribution in [2.45, 2.75) is 19.5 Å². The van der Waals surface area contributed by atoms with Crippen LogP contribution in [0.1, 0.15) is 17.7 Å². The number of hydrogen-bond acceptors (Lipinski definition) is 5. The lowest BCUT2D eigenvalue weighted by Crippen LogP contribution is -2.22. The molecule has 2 rings (SSSR count). The zero-order valence-electron chi connectivity index (χ0n) is 11.1. The first kappa shape index (κ1) is 14.0. The van der Waals surface area contributed by atoms with Crippen molar-refractivity contribution in [3.63, 3.8) is 0 Å². The minimum atomic E-state index is 0.0268. The van der Waals surface area contributed by atoms with Gasteiger partial charge in [-0.25, -0.2) is 0 Å². The number of nitrogens with two attached hydrogens (primary N) is 1. The molecule has 0 saturated heterocycles. The van der Waals surface area contributed by atoms with Crippen LogP contribution in [-0.4, -0.2) is 32.4 Å². The molecule has 0 radical (unpaired) electrons. The van der Waals surface area contributed by atoms with Crippen molar-refractivity contribution >= 4 is 5.84 Å². The Morgan fingerprint density at radius 1 is 1.40 bits per heavy atom. The Labute approximate surface area is 117 Å². The Kier molecular flexibility index (Phi) is 5.08. The monoisotopic (exact) mass is 274 g/mol. The smallest absolute Gasteiger partial charge is 0.189 e. The van der Waals surface area contributed by atoms with Crippen molar-refractivity contribution in [2.24, 2.45) is 10.9 Å². The lowest BCUT2D eigenvalue weighted by molar-refractivity contribution is 0.318. The van der Waals surface area contributed by atoms with Crippen LogP contribution >= 0.6 is 0 Å². The molecular formula is C13H18N6O. The van der Waals surface area contributed by atoms with Crippen molar-refractivity contribution in [3.8, 4) is 0 Å². The summed E-state index contributed by atoms with van der Waals surface area (Å²) in [6.45, 7) is 2.35. The van der Waals surface area contributed by atoms with E-state index in [2.05, 4.69) is 20.6 Å². The number of nitrogens with one attached hydrogen (secondary N) is 1. The van der Waals surface area contributed by atoms with Crippen molar-refractivity contribution in [3.05, 3.63) is 48.0 Å². The number of pyridine rings is 1. The predicted octanol–water partition coefficient (Wildman–Crippen LogP) is 0.552. The Bertz CT molecular complexity index is 552. The van der Waals surface area contributed by atoms with Gasteiger partial charge in [-0.1, -0.05) is 11.2 Å². The van der Waals surface area contributed by atoms with Gasteiger partial charge in [0.2, 0.25) is 0 Å². The van der Waals surface area contributed by atoms with Crippen molar-refractivity contribution < 1.29 is 5.21 Å². The Balaban J connectivity index is 1.79. The number of rotatable bonds is 7. The van der Waals surface area contributed by atoms with Gasteiger partial charge < -0.3 is 16.3 Å². The molecule has 20 heavy (non-hydrogen) atoms. The summed E-state index contributed by atoms with van der Waals surface area (Å²) in [5.74, 6) is 0.0268. The van der Waals surface area contributed by atoms with Gasteiger partial charge in [0.15, 0.2) is 5.84 Å². The highest BCUT2D eigenvalue weighted by Crippen LogP contribution is 2.04. The first-order valence-electron chi connectivity index (χ1n) is 6.41. The van der Waals surface area contributed by atoms with E-state index in [0.29, 0.717) is 12.2 Å². The van der Waals surface area contributed by atoms with Gasteiger partial charge in [0, 0.05) is 31.7 Å². The third kappa shape index (κ3) is 3.79. The highest BCUT2D eigenvalue weighted by molar-refractivity contribution is 5.96. The molecule has 2 aromatic rings. The van der Waals surface area contributed by atoms with E-state index in [1.54, 1.807) is 12.4 Å². The van der Waals surface area contributed by atoms with Gasteiger partial charge in [-0.2, -0.15) is 5.10 Å². The number of aryl methyl sites for hydroxylation is 1. The number of amidine groups is 1. The molecule has 7 heteroatoms. The molecule has 0 unspecified atom stereocenters. The lowest BCUT2D eigenvalue weighted by Gasteiger charge is -2.08. The molecule has 0 fully saturated rings. The van der Waals surface area contributed by atoms with Crippen LogP contribution in [0.25, 0.3) is 0 Å². The molecule has 0 aromatic carbocycles. The molecule has 7 nitrogen and oxygen atoms in total. The second kappa shape index (κ2) is 7.25. The molecule has 2 aromatic heterocycles. The van der Waals surface area contributed by atoms with Crippen molar-refractivity contribution in [2.75, 3.05) is 6.54 Å². The van der Waals surface area contributed by atoms with Crippen molar-refractivity contribution in [1.29, 1.82) is 0 Å². The zero-order valence-corrected chi connectivity index (χ0v) is 11.1. The minimum Gasteiger partial charge on any atom is -0.409 e. The number of nitrogens with zero attached hydrogens (tertiary/aromatic N) is 4. The molecule has 0 aliphatic carbocycles. The molecule has 106 valence electrons. The fourth-order valence-electron chi connectivity index (χ4n) is 1.88. The van der Waals surface area contributed by atoms with Crippen LogP contribution < -0.4 is 11.1 Å². The molecule has 0 amide bonds. The van der Waals surface area contributed by atoms with E-state index >= 15 is 0 Å². The second-order valence-corrected chi connectivity index (χ2v) is 4.30. The Morgan fingerprint density at radius 2 is 2.30 bits per heavy atom. The number of aromatic nitrogens is 3. The van der Waals surface area contributed by atoms with Crippen LogP contribution in [0.15, 0.2) is 41.9 Å². The average Bonchev–Trinajstić information content (AvgIpc) is 3.00. The molecule has 4 N–H and O–H groups in total. The van der Waals surface area contributed by atoms with E-state index in [9.17, 15) is 0 Å². The molecule has 0 atom stereocenters. The van der Waals surface area contributed by atoms with Crippen LogP contribution in [0.5, 0.6) is 0 Å². The van der Waals surface area contributed by atoms with Crippen LogP contribution in [0.4, 0.5) is 0 Å². The van der Waals surface area contributed by atoms with E-state index in [1.807, 2.05) is 29.1 Å². The van der Waals surface area contributed by atoms with Crippen LogP contribution in [0.2, 0.25) is 0 Å². The highest BCUT2D eigenvalue weighted by Gasteiger charge is 2.07. The summed E-state index contributed by atoms with van der Waals surface area (Å²) in [7, 11) is 0. The lowest BCUT2D eigenvalue weighted by atomic mass is 10.2. The summed E-state index contributed by atoms with van der Waals surface area (Å²) in [4.78, 5) is 4.12. The maximum atomic E-state index is 8.72. The van der Waals surface area contributed by atoms with Gasteiger partial charge in [0.25, 0.3) is 0 Å². The van der Waals surface area contributed by atoms with Crippen LogP contribution in [-0.2, 0) is 13.1 Å². The molecule has 0 aliphatic rings. The summed E-state index contributed by atoms with van der Waals surface area (Å²) >= 11 is 0. The Hall–Kier alpha value is -2.41. The molecule has 2 heterocycles. The van der Waals surface area contributed by atoms with E-state index in [4.69, 9.17) is 10.9 Å². The quantitative estimate of drug-likeness (QED) is 0.225. The van der Waals surface area contributed by atoms with Gasteiger partial charge in [0.05, 0.1) is 0 Å². The molecule has 0 spiro atoms. The third-order valence-corrected chi connectivity index (χ3v) is 2.86. The highest BCUT2D eigenvalue weighted by atomic mass is 16.4. The zero-order chi connectivity index (χ0) is 14.2. The van der Waals surface area contributed by atoms with Crippen LogP contribution in [0, 0.1) is 0 Å². The van der Waals surface area contributed by atoms with Crippen molar-refractivity contribution in [1.82, 2.24) is 20.1 Å². The Morgan fingerprint density at radius 3 is 3.05 bits per heavy atom. The molecule has 0 aliphatic heterocycles. The SMILES string of the molecule is N/C(=N/O)c1ncccc1CNCCCn1cccn1. The maximum Gasteiger partial charge on any atom is 0.189 e. The second-order valence-electron chi connectivity index (χ2n) is 4.30. The van der Waals surface area contributed by atoms with Gasteiger partial charge in [0.1, 0.15) is 5.69 Å². The third-order valence-electron chi connectivity index (χ3n) is 2.86. The van der Waals surface area contributed by atoms with E-state index in [-0.39, 0.29) is 5.84 Å². The number of hydrogen-bond donors (Lipinski definition) is 3. The first-order chi connectivity index (χ1) is 9.81. The number of oxime groups is 1. The maximum absolute atomic E-state index is 8.72. The van der Waals surface area contributed by atoms with Crippen LogP contribution in [0.3, 0.4) is 0 Å². The summed E-state index contributed by atoms with van der Waals surface area (Å²) in [5.41, 5.74) is 7.00. The van der Waals surface area contributed by atoms with E-state index < -0.39 is 0 Å². The largest absolute Gasteiger partial charge is 0.409 e. The minimum absolute atomic E-state index is 0.0268. The van der Waals surface area contributed by atoms with Gasteiger partial charge in [-0.05, 0) is 30.7 Å². The molecular weight excluding hydrogens is 256 g/mol. The predicted molar refractivity (Wildman–Crippen MR) is 75.3 cm³/mol. The fourth-order valence-corrected chi connectivity index (χ4v) is 1.88. The molecule has 0 bridgehead atoms. The average molecular weight is 274 g/mol. The molecule has 0 saturated carbocycles. The van der Waals surface area contributed by atoms with E-state index in [0.717, 1.165) is 25.1 Å². The normalized spacial score (nSPS) is 11.7. The first-order valence-corrected chi connectivity index (χ1v) is 6.41. The van der Waals surface area contributed by atoms with Gasteiger partial charge >= 0.3 is 0 Å².